The minimum atomic E-state index is 0.148. The minimum absolute atomic E-state index is 0.148. The van der Waals surface area contributed by atoms with Gasteiger partial charge in [0.15, 0.2) is 5.82 Å². The molecule has 1 amide bonds. The van der Waals surface area contributed by atoms with E-state index in [9.17, 15) is 4.79 Å². The highest BCUT2D eigenvalue weighted by Gasteiger charge is 2.12. The lowest BCUT2D eigenvalue weighted by molar-refractivity contribution is -0.127. The van der Waals surface area contributed by atoms with Gasteiger partial charge < -0.3 is 9.42 Å². The Morgan fingerprint density at radius 2 is 2.22 bits per heavy atom. The zero-order chi connectivity index (χ0) is 13.5. The molecule has 0 fully saturated rings. The minimum Gasteiger partial charge on any atom is -0.345 e. The predicted molar refractivity (Wildman–Crippen MR) is 72.7 cm³/mol. The van der Waals surface area contributed by atoms with Gasteiger partial charge in [-0.15, -0.1) is 0 Å². The Bertz CT molecular complexity index is 379. The molecule has 102 valence electrons. The van der Waals surface area contributed by atoms with E-state index in [1.54, 1.807) is 16.7 Å². The van der Waals surface area contributed by atoms with Crippen LogP contribution in [0.4, 0.5) is 0 Å². The van der Waals surface area contributed by atoms with Crippen LogP contribution < -0.4 is 0 Å². The summed E-state index contributed by atoms with van der Waals surface area (Å²) in [4.78, 5) is 17.7. The van der Waals surface area contributed by atoms with Crippen molar-refractivity contribution >= 4 is 17.7 Å². The lowest BCUT2D eigenvalue weighted by Gasteiger charge is -2.15. The molecule has 5 nitrogen and oxygen atoms in total. The Kier molecular flexibility index (Phi) is 6.18. The van der Waals surface area contributed by atoms with Crippen molar-refractivity contribution in [3.8, 4) is 0 Å². The molecule has 6 heteroatoms. The van der Waals surface area contributed by atoms with Crippen LogP contribution in [0.5, 0.6) is 0 Å². The van der Waals surface area contributed by atoms with Gasteiger partial charge in [0.05, 0.1) is 5.75 Å². The summed E-state index contributed by atoms with van der Waals surface area (Å²) in [5, 5.41) is 3.90. The van der Waals surface area contributed by atoms with Gasteiger partial charge in [-0.1, -0.05) is 25.9 Å². The SMILES string of the molecule is CCSCC(=O)N(C)CCc1noc(C(C)C)n1. The van der Waals surface area contributed by atoms with Crippen molar-refractivity contribution in [3.05, 3.63) is 11.7 Å². The number of carbonyl (C=O) groups is 1. The number of likely N-dealkylation sites (N-methyl/N-ethyl adjacent to an activating group) is 1. The maximum absolute atomic E-state index is 11.7. The average Bonchev–Trinajstić information content (AvgIpc) is 2.81. The second-order valence-electron chi connectivity index (χ2n) is 4.41. The first kappa shape index (κ1) is 15.0. The second kappa shape index (κ2) is 7.41. The van der Waals surface area contributed by atoms with Crippen molar-refractivity contribution in [3.63, 3.8) is 0 Å². The Balaban J connectivity index is 2.37. The Morgan fingerprint density at radius 1 is 1.50 bits per heavy atom. The molecular weight excluding hydrogens is 250 g/mol. The summed E-state index contributed by atoms with van der Waals surface area (Å²) in [5.41, 5.74) is 0. The van der Waals surface area contributed by atoms with Crippen molar-refractivity contribution in [1.82, 2.24) is 15.0 Å². The molecule has 0 spiro atoms. The highest BCUT2D eigenvalue weighted by molar-refractivity contribution is 7.99. The molecule has 0 saturated carbocycles. The molecule has 0 saturated heterocycles. The van der Waals surface area contributed by atoms with Crippen molar-refractivity contribution < 1.29 is 9.32 Å². The van der Waals surface area contributed by atoms with Crippen LogP contribution in [0.3, 0.4) is 0 Å². The Morgan fingerprint density at radius 3 is 2.78 bits per heavy atom. The molecule has 0 aliphatic rings. The first-order valence-corrected chi connectivity index (χ1v) is 7.34. The smallest absolute Gasteiger partial charge is 0.232 e. The van der Waals surface area contributed by atoms with E-state index in [-0.39, 0.29) is 11.8 Å². The molecule has 0 aromatic carbocycles. The number of thioether (sulfide) groups is 1. The van der Waals surface area contributed by atoms with Crippen molar-refractivity contribution in [2.24, 2.45) is 0 Å². The van der Waals surface area contributed by atoms with E-state index in [1.165, 1.54) is 0 Å². The monoisotopic (exact) mass is 271 g/mol. The molecule has 1 aromatic heterocycles. The van der Waals surface area contributed by atoms with E-state index >= 15 is 0 Å². The third-order valence-corrected chi connectivity index (χ3v) is 3.36. The van der Waals surface area contributed by atoms with Crippen molar-refractivity contribution in [2.45, 2.75) is 33.1 Å². The zero-order valence-corrected chi connectivity index (χ0v) is 12.3. The molecule has 0 radical (unpaired) electrons. The zero-order valence-electron chi connectivity index (χ0n) is 11.5. The van der Waals surface area contributed by atoms with E-state index in [2.05, 4.69) is 10.1 Å². The van der Waals surface area contributed by atoms with E-state index in [4.69, 9.17) is 4.52 Å². The lowest BCUT2D eigenvalue weighted by atomic mass is 10.2. The number of aromatic nitrogens is 2. The fraction of sp³-hybridized carbons (Fsp3) is 0.750. The number of amides is 1. The summed E-state index contributed by atoms with van der Waals surface area (Å²) >= 11 is 1.63. The predicted octanol–water partition coefficient (Wildman–Crippen LogP) is 1.95. The fourth-order valence-corrected chi connectivity index (χ4v) is 1.89. The normalized spacial score (nSPS) is 10.9. The summed E-state index contributed by atoms with van der Waals surface area (Å²) in [6.07, 6.45) is 0.634. The molecule has 1 rings (SSSR count). The maximum atomic E-state index is 11.7. The third-order valence-electron chi connectivity index (χ3n) is 2.50. The maximum Gasteiger partial charge on any atom is 0.232 e. The number of carbonyl (C=O) groups excluding carboxylic acids is 1. The van der Waals surface area contributed by atoms with Gasteiger partial charge >= 0.3 is 0 Å². The number of hydrogen-bond donors (Lipinski definition) is 0. The summed E-state index contributed by atoms with van der Waals surface area (Å²) in [5.74, 6) is 3.21. The van der Waals surface area contributed by atoms with Gasteiger partial charge in [0.25, 0.3) is 0 Å². The molecule has 0 N–H and O–H groups in total. The molecule has 0 unspecified atom stereocenters. The molecular formula is C12H21N3O2S. The first-order chi connectivity index (χ1) is 8.54. The fourth-order valence-electron chi connectivity index (χ4n) is 1.30. The quantitative estimate of drug-likeness (QED) is 0.758. The number of nitrogens with zero attached hydrogens (tertiary/aromatic N) is 3. The van der Waals surface area contributed by atoms with Crippen LogP contribution >= 0.6 is 11.8 Å². The molecule has 0 aliphatic carbocycles. The largest absolute Gasteiger partial charge is 0.345 e. The van der Waals surface area contributed by atoms with E-state index in [0.717, 1.165) is 5.75 Å². The van der Waals surface area contributed by atoms with Crippen molar-refractivity contribution in [1.29, 1.82) is 0 Å². The molecule has 1 aromatic rings. The standard InChI is InChI=1S/C12H21N3O2S/c1-5-18-8-11(16)15(4)7-6-10-13-12(9(2)3)17-14-10/h9H,5-8H2,1-4H3. The van der Waals surface area contributed by atoms with Gasteiger partial charge in [-0.2, -0.15) is 16.7 Å². The molecule has 0 aliphatic heterocycles. The van der Waals surface area contributed by atoms with Gasteiger partial charge in [0.2, 0.25) is 11.8 Å². The first-order valence-electron chi connectivity index (χ1n) is 6.18. The van der Waals surface area contributed by atoms with Gasteiger partial charge in [0.1, 0.15) is 0 Å². The van der Waals surface area contributed by atoms with E-state index in [0.29, 0.717) is 30.4 Å². The lowest BCUT2D eigenvalue weighted by Crippen LogP contribution is -2.30. The molecule has 18 heavy (non-hydrogen) atoms. The van der Waals surface area contributed by atoms with Gasteiger partial charge in [0, 0.05) is 25.9 Å². The van der Waals surface area contributed by atoms with Crippen LogP contribution in [0.1, 0.15) is 38.4 Å². The van der Waals surface area contributed by atoms with E-state index in [1.807, 2.05) is 27.8 Å². The summed E-state index contributed by atoms with van der Waals surface area (Å²) in [6.45, 7) is 6.69. The van der Waals surface area contributed by atoms with E-state index < -0.39 is 0 Å². The number of hydrogen-bond acceptors (Lipinski definition) is 5. The third kappa shape index (κ3) is 4.68. The van der Waals surface area contributed by atoms with Gasteiger partial charge in [-0.3, -0.25) is 4.79 Å². The number of rotatable bonds is 7. The summed E-state index contributed by atoms with van der Waals surface area (Å²) < 4.78 is 5.12. The molecule has 0 atom stereocenters. The highest BCUT2D eigenvalue weighted by atomic mass is 32.2. The average molecular weight is 271 g/mol. The van der Waals surface area contributed by atoms with Gasteiger partial charge in [-0.25, -0.2) is 0 Å². The topological polar surface area (TPSA) is 59.2 Å². The van der Waals surface area contributed by atoms with Crippen LogP contribution in [0.15, 0.2) is 4.52 Å². The Hall–Kier alpha value is -1.04. The van der Waals surface area contributed by atoms with Crippen LogP contribution in [-0.4, -0.2) is 46.0 Å². The summed E-state index contributed by atoms with van der Waals surface area (Å²) in [7, 11) is 1.81. The summed E-state index contributed by atoms with van der Waals surface area (Å²) in [6, 6.07) is 0. The van der Waals surface area contributed by atoms with Crippen LogP contribution in [0, 0.1) is 0 Å². The Labute approximate surface area is 112 Å². The van der Waals surface area contributed by atoms with Gasteiger partial charge in [-0.05, 0) is 5.75 Å². The molecule has 1 heterocycles. The van der Waals surface area contributed by atoms with Crippen molar-refractivity contribution in [2.75, 3.05) is 25.1 Å². The van der Waals surface area contributed by atoms with Crippen LogP contribution in [0.25, 0.3) is 0 Å². The van der Waals surface area contributed by atoms with Crippen LogP contribution in [0.2, 0.25) is 0 Å². The highest BCUT2D eigenvalue weighted by Crippen LogP contribution is 2.11. The molecule has 0 bridgehead atoms. The second-order valence-corrected chi connectivity index (χ2v) is 5.68. The van der Waals surface area contributed by atoms with Crippen LogP contribution in [-0.2, 0) is 11.2 Å².